The van der Waals surface area contributed by atoms with Crippen LogP contribution in [-0.2, 0) is 18.4 Å². The topological polar surface area (TPSA) is 226 Å². The van der Waals surface area contributed by atoms with Crippen LogP contribution in [-0.4, -0.2) is 108 Å². The van der Waals surface area contributed by atoms with E-state index < -0.39 is 75.2 Å². The van der Waals surface area contributed by atoms with Gasteiger partial charge >= 0.3 is 7.82 Å². The maximum Gasteiger partial charge on any atom is 0.472 e. The van der Waals surface area contributed by atoms with Gasteiger partial charge in [-0.3, -0.25) is 13.8 Å². The van der Waals surface area contributed by atoms with E-state index in [4.69, 9.17) is 9.05 Å². The Morgan fingerprint density at radius 2 is 1.11 bits per heavy atom. The van der Waals surface area contributed by atoms with Crippen molar-refractivity contribution >= 4 is 13.7 Å². The molecule has 1 aliphatic carbocycles. The summed E-state index contributed by atoms with van der Waals surface area (Å²) in [6, 6.07) is -1.26. The summed E-state index contributed by atoms with van der Waals surface area (Å²) in [5, 5.41) is 74.0. The van der Waals surface area contributed by atoms with Crippen molar-refractivity contribution in [1.29, 1.82) is 0 Å². The Labute approximate surface area is 317 Å². The third-order valence-electron chi connectivity index (χ3n) is 9.46. The number of phosphoric ester groups is 1. The van der Waals surface area contributed by atoms with Crippen LogP contribution >= 0.6 is 7.82 Å². The first-order chi connectivity index (χ1) is 25.3. The van der Waals surface area contributed by atoms with Crippen LogP contribution in [0.4, 0.5) is 0 Å². The number of allylic oxidation sites excluding steroid dienone is 5. The SMILES string of the molecule is CCCCCCC/C=C/CC/C=C/CC/C=C/C(O)C(COP(=O)(O)OC1C(O)C(O)C(O)C(O)C1O)NC(=O)CC(O)CCCCCCCCCC. The Morgan fingerprint density at radius 3 is 1.66 bits per heavy atom. The van der Waals surface area contributed by atoms with Crippen molar-refractivity contribution < 1.29 is 59.0 Å². The van der Waals surface area contributed by atoms with Crippen LogP contribution in [0.1, 0.15) is 142 Å². The number of hydrogen-bond donors (Lipinski definition) is 9. The van der Waals surface area contributed by atoms with Crippen LogP contribution in [0.25, 0.3) is 0 Å². The number of carbonyl (C=O) groups excluding carboxylic acids is 1. The molecule has 0 heterocycles. The van der Waals surface area contributed by atoms with Crippen molar-refractivity contribution in [3.8, 4) is 0 Å². The predicted molar refractivity (Wildman–Crippen MR) is 206 cm³/mol. The molecule has 0 saturated heterocycles. The Kier molecular flexibility index (Phi) is 27.8. The van der Waals surface area contributed by atoms with Gasteiger partial charge in [-0.25, -0.2) is 4.57 Å². The van der Waals surface area contributed by atoms with Crippen LogP contribution in [0.5, 0.6) is 0 Å². The molecular weight excluding hydrogens is 705 g/mol. The molecule has 1 fully saturated rings. The fraction of sp³-hybridized carbons (Fsp3) is 0.821. The summed E-state index contributed by atoms with van der Waals surface area (Å²) in [5.74, 6) is -0.612. The zero-order chi connectivity index (χ0) is 39.5. The fourth-order valence-corrected chi connectivity index (χ4v) is 7.06. The smallest absolute Gasteiger partial charge is 0.393 e. The van der Waals surface area contributed by atoms with E-state index in [0.717, 1.165) is 44.9 Å². The van der Waals surface area contributed by atoms with Gasteiger partial charge in [0.05, 0.1) is 31.3 Å². The third kappa shape index (κ3) is 22.6. The highest BCUT2D eigenvalue weighted by molar-refractivity contribution is 7.47. The number of unbranched alkanes of at least 4 members (excludes halogenated alkanes) is 14. The second kappa shape index (κ2) is 29.8. The van der Waals surface area contributed by atoms with E-state index in [1.807, 2.05) is 6.08 Å². The lowest BCUT2D eigenvalue weighted by Crippen LogP contribution is -2.64. The first-order valence-corrected chi connectivity index (χ1v) is 21.5. The molecule has 0 bridgehead atoms. The molecule has 1 rings (SSSR count). The first kappa shape index (κ1) is 49.5. The summed E-state index contributed by atoms with van der Waals surface area (Å²) >= 11 is 0. The lowest BCUT2D eigenvalue weighted by atomic mass is 9.85. The van der Waals surface area contributed by atoms with Gasteiger partial charge < -0.3 is 46.0 Å². The lowest BCUT2D eigenvalue weighted by molar-refractivity contribution is -0.220. The highest BCUT2D eigenvalue weighted by Crippen LogP contribution is 2.47. The van der Waals surface area contributed by atoms with Crippen molar-refractivity contribution in [2.45, 2.75) is 197 Å². The molecule has 0 aliphatic heterocycles. The molecule has 8 unspecified atom stereocenters. The summed E-state index contributed by atoms with van der Waals surface area (Å²) in [4.78, 5) is 23.2. The van der Waals surface area contributed by atoms with Gasteiger partial charge in [0.2, 0.25) is 5.91 Å². The fourth-order valence-electron chi connectivity index (χ4n) is 6.09. The summed E-state index contributed by atoms with van der Waals surface area (Å²) in [6.07, 6.45) is 17.0. The number of aliphatic hydroxyl groups excluding tert-OH is 7. The van der Waals surface area contributed by atoms with Crippen molar-refractivity contribution in [2.24, 2.45) is 0 Å². The minimum atomic E-state index is -5.14. The molecule has 8 atom stereocenters. The quantitative estimate of drug-likeness (QED) is 0.0257. The molecule has 0 aromatic heterocycles. The van der Waals surface area contributed by atoms with E-state index in [1.54, 1.807) is 6.08 Å². The minimum absolute atomic E-state index is 0.256. The van der Waals surface area contributed by atoms with E-state index in [9.17, 15) is 50.0 Å². The van der Waals surface area contributed by atoms with Gasteiger partial charge in [0.15, 0.2) is 0 Å². The first-order valence-electron chi connectivity index (χ1n) is 20.0. The normalized spacial score (nSPS) is 25.2. The highest BCUT2D eigenvalue weighted by Gasteiger charge is 2.51. The van der Waals surface area contributed by atoms with Gasteiger partial charge in [-0.15, -0.1) is 0 Å². The molecule has 0 aromatic rings. The molecule has 0 radical (unpaired) electrons. The molecule has 1 saturated carbocycles. The summed E-state index contributed by atoms with van der Waals surface area (Å²) in [6.45, 7) is 3.63. The predicted octanol–water partition coefficient (Wildman–Crippen LogP) is 5.02. The van der Waals surface area contributed by atoms with Gasteiger partial charge in [0, 0.05) is 0 Å². The minimum Gasteiger partial charge on any atom is -0.393 e. The monoisotopic (exact) mass is 777 g/mol. The average Bonchev–Trinajstić information content (AvgIpc) is 3.12. The van der Waals surface area contributed by atoms with Gasteiger partial charge in [-0.05, 0) is 44.9 Å². The Morgan fingerprint density at radius 1 is 0.660 bits per heavy atom. The number of rotatable bonds is 31. The van der Waals surface area contributed by atoms with Crippen LogP contribution in [0, 0.1) is 0 Å². The molecule has 310 valence electrons. The molecule has 0 spiro atoms. The lowest BCUT2D eigenvalue weighted by Gasteiger charge is -2.41. The van der Waals surface area contributed by atoms with E-state index >= 15 is 0 Å². The molecule has 0 aromatic carbocycles. The zero-order valence-corrected chi connectivity index (χ0v) is 33.1. The zero-order valence-electron chi connectivity index (χ0n) is 32.2. The molecule has 13 nitrogen and oxygen atoms in total. The molecule has 9 N–H and O–H groups in total. The van der Waals surface area contributed by atoms with Gasteiger partial charge in [0.1, 0.15) is 36.6 Å². The number of amides is 1. The highest BCUT2D eigenvalue weighted by atomic mass is 31.2. The Bertz CT molecular complexity index is 1060. The van der Waals surface area contributed by atoms with Crippen molar-refractivity contribution in [3.63, 3.8) is 0 Å². The molecule has 53 heavy (non-hydrogen) atoms. The average molecular weight is 778 g/mol. The van der Waals surface area contributed by atoms with Crippen LogP contribution in [0.3, 0.4) is 0 Å². The van der Waals surface area contributed by atoms with Crippen molar-refractivity contribution in [3.05, 3.63) is 36.5 Å². The molecular formula is C39H72NO12P. The van der Waals surface area contributed by atoms with Crippen LogP contribution in [0.2, 0.25) is 0 Å². The van der Waals surface area contributed by atoms with E-state index in [-0.39, 0.29) is 6.42 Å². The second-order valence-electron chi connectivity index (χ2n) is 14.3. The second-order valence-corrected chi connectivity index (χ2v) is 15.7. The summed E-state index contributed by atoms with van der Waals surface area (Å²) in [5.41, 5.74) is 0. The molecule has 14 heteroatoms. The van der Waals surface area contributed by atoms with Gasteiger partial charge in [0.25, 0.3) is 0 Å². The standard InChI is InChI=1S/C39H72NO12P/c1-3-5-7-9-11-13-14-15-16-17-18-19-21-23-25-27-32(42)31(40-33(43)28-30(41)26-24-22-20-12-10-8-6-4-2)29-51-53(49,50)52-39-37(47)35(45)34(44)36(46)38(39)48/h14-15,18-19,25,27,30-32,34-39,41-42,44-48H,3-13,16-17,20-24,26,28-29H2,1-2H3,(H,40,43)(H,49,50)/b15-14+,19-18+,27-25+. The van der Waals surface area contributed by atoms with E-state index in [1.165, 1.54) is 63.9 Å². The van der Waals surface area contributed by atoms with Gasteiger partial charge in [-0.1, -0.05) is 127 Å². The summed E-state index contributed by atoms with van der Waals surface area (Å²) in [7, 11) is -5.14. The van der Waals surface area contributed by atoms with Gasteiger partial charge in [-0.2, -0.15) is 0 Å². The number of carbonyl (C=O) groups is 1. The van der Waals surface area contributed by atoms with Crippen LogP contribution in [0.15, 0.2) is 36.5 Å². The van der Waals surface area contributed by atoms with Crippen LogP contribution < -0.4 is 5.32 Å². The molecule has 1 aliphatic rings. The van der Waals surface area contributed by atoms with E-state index in [2.05, 4.69) is 37.4 Å². The Balaban J connectivity index is 2.69. The maximum absolute atomic E-state index is 12.9. The largest absolute Gasteiger partial charge is 0.472 e. The number of aliphatic hydroxyl groups is 7. The maximum atomic E-state index is 12.9. The van der Waals surface area contributed by atoms with Crippen molar-refractivity contribution in [1.82, 2.24) is 5.32 Å². The third-order valence-corrected chi connectivity index (χ3v) is 10.4. The summed E-state index contributed by atoms with van der Waals surface area (Å²) < 4.78 is 22.7. The Hall–Kier alpha value is -1.48. The van der Waals surface area contributed by atoms with E-state index in [0.29, 0.717) is 19.3 Å². The molecule has 1 amide bonds. The number of phosphoric acid groups is 1. The number of nitrogens with one attached hydrogen (secondary N) is 1. The van der Waals surface area contributed by atoms with Crippen molar-refractivity contribution in [2.75, 3.05) is 6.61 Å². The number of hydrogen-bond acceptors (Lipinski definition) is 11.